The number of hydrogen-bond donors (Lipinski definition) is 2. The molecular weight excluding hydrogens is 416 g/mol. The number of pyridine rings is 1. The summed E-state index contributed by atoms with van der Waals surface area (Å²) in [6.07, 6.45) is -4.68. The molecule has 3 rings (SSSR count). The van der Waals surface area contributed by atoms with Crippen LogP contribution in [-0.2, 0) is 11.0 Å². The van der Waals surface area contributed by atoms with Crippen LogP contribution in [0.3, 0.4) is 0 Å². The zero-order valence-corrected chi connectivity index (χ0v) is 15.5. The zero-order valence-electron chi connectivity index (χ0n) is 14.8. The minimum Gasteiger partial charge on any atom is -0.353 e. The summed E-state index contributed by atoms with van der Waals surface area (Å²) >= 11 is 5.80. The van der Waals surface area contributed by atoms with Crippen molar-refractivity contribution in [2.75, 3.05) is 19.6 Å². The number of nitrogens with zero attached hydrogens (tertiary/aromatic N) is 2. The summed E-state index contributed by atoms with van der Waals surface area (Å²) in [6.45, 7) is 0.282. The first-order valence-corrected chi connectivity index (χ1v) is 8.84. The average molecular weight is 431 g/mol. The highest BCUT2D eigenvalue weighted by molar-refractivity contribution is 6.30. The molecule has 6 nitrogen and oxygen atoms in total. The van der Waals surface area contributed by atoms with Gasteiger partial charge < -0.3 is 15.5 Å². The van der Waals surface area contributed by atoms with E-state index in [1.165, 1.54) is 23.1 Å². The summed E-state index contributed by atoms with van der Waals surface area (Å²) < 4.78 is 52.8. The Labute approximate surface area is 167 Å². The molecule has 0 radical (unpaired) electrons. The number of carbonyl (C=O) groups is 2. The predicted octanol–water partition coefficient (Wildman–Crippen LogP) is 3.12. The highest BCUT2D eigenvalue weighted by Gasteiger charge is 2.34. The number of hydrogen-bond acceptors (Lipinski definition) is 3. The van der Waals surface area contributed by atoms with E-state index in [0.29, 0.717) is 0 Å². The number of carbonyl (C=O) groups excluding carboxylic acids is 2. The molecule has 0 saturated carbocycles. The molecule has 1 aromatic carbocycles. The molecule has 1 aromatic heterocycles. The second-order valence-corrected chi connectivity index (χ2v) is 6.68. The lowest BCUT2D eigenvalue weighted by Crippen LogP contribution is -2.53. The van der Waals surface area contributed by atoms with Crippen molar-refractivity contribution < 1.29 is 27.2 Å². The summed E-state index contributed by atoms with van der Waals surface area (Å²) in [5, 5.41) is 4.87. The van der Waals surface area contributed by atoms with E-state index in [0.717, 1.165) is 18.2 Å². The molecule has 2 aromatic rings. The third-order valence-corrected chi connectivity index (χ3v) is 4.52. The van der Waals surface area contributed by atoms with Gasteiger partial charge in [-0.2, -0.15) is 13.2 Å². The number of rotatable bonds is 3. The van der Waals surface area contributed by atoms with Gasteiger partial charge in [-0.05, 0) is 29.8 Å². The zero-order chi connectivity index (χ0) is 21.2. The Morgan fingerprint density at radius 2 is 2.03 bits per heavy atom. The maximum Gasteiger partial charge on any atom is 0.433 e. The van der Waals surface area contributed by atoms with Gasteiger partial charge in [-0.25, -0.2) is 14.2 Å². The lowest BCUT2D eigenvalue weighted by Gasteiger charge is -2.29. The number of aromatic nitrogens is 1. The van der Waals surface area contributed by atoms with E-state index in [-0.39, 0.29) is 41.8 Å². The average Bonchev–Trinajstić information content (AvgIpc) is 2.67. The molecule has 29 heavy (non-hydrogen) atoms. The topological polar surface area (TPSA) is 74.3 Å². The van der Waals surface area contributed by atoms with Crippen LogP contribution in [0.15, 0.2) is 36.4 Å². The van der Waals surface area contributed by atoms with Gasteiger partial charge in [0.2, 0.25) is 5.91 Å². The lowest BCUT2D eigenvalue weighted by atomic mass is 10.0. The molecule has 1 saturated heterocycles. The van der Waals surface area contributed by atoms with E-state index >= 15 is 0 Å². The van der Waals surface area contributed by atoms with Crippen LogP contribution >= 0.6 is 11.6 Å². The molecule has 1 atom stereocenters. The SMILES string of the molecule is O=C1CN(C(=O)N[C@H](c2ccc(F)c(Cl)c2)c2cccc(C(F)(F)F)n2)CCN1. The first-order valence-electron chi connectivity index (χ1n) is 8.46. The van der Waals surface area contributed by atoms with Gasteiger partial charge in [-0.15, -0.1) is 0 Å². The molecule has 2 heterocycles. The standard InChI is InChI=1S/C18H15ClF4N4O2/c19-11-8-10(4-5-12(11)20)16(13-2-1-3-14(25-13)18(21,22)23)26-17(29)27-7-6-24-15(28)9-27/h1-5,8,16H,6-7,9H2,(H,24,28)(H,26,29)/t16-/m1/s1. The molecule has 11 heteroatoms. The third-order valence-electron chi connectivity index (χ3n) is 4.23. The largest absolute Gasteiger partial charge is 0.433 e. The van der Waals surface area contributed by atoms with Crippen LogP contribution in [0.5, 0.6) is 0 Å². The summed E-state index contributed by atoms with van der Waals surface area (Å²) in [6, 6.07) is 4.97. The fourth-order valence-electron chi connectivity index (χ4n) is 2.82. The van der Waals surface area contributed by atoms with Crippen molar-refractivity contribution >= 4 is 23.5 Å². The summed E-state index contributed by atoms with van der Waals surface area (Å²) in [5.41, 5.74) is -1.02. The molecule has 0 bridgehead atoms. The van der Waals surface area contributed by atoms with Crippen molar-refractivity contribution in [2.45, 2.75) is 12.2 Å². The number of urea groups is 1. The molecular formula is C18H15ClF4N4O2. The van der Waals surface area contributed by atoms with Crippen molar-refractivity contribution in [3.05, 3.63) is 64.2 Å². The summed E-state index contributed by atoms with van der Waals surface area (Å²) in [5.74, 6) is -1.07. The number of benzene rings is 1. The fraction of sp³-hybridized carbons (Fsp3) is 0.278. The number of piperazine rings is 1. The number of halogens is 5. The Hall–Kier alpha value is -2.88. The van der Waals surface area contributed by atoms with Gasteiger partial charge in [0.05, 0.1) is 16.8 Å². The van der Waals surface area contributed by atoms with Crippen molar-refractivity contribution in [3.8, 4) is 0 Å². The molecule has 0 spiro atoms. The number of amides is 3. The van der Waals surface area contributed by atoms with Crippen LogP contribution in [0, 0.1) is 5.82 Å². The highest BCUT2D eigenvalue weighted by Crippen LogP contribution is 2.30. The maximum absolute atomic E-state index is 13.5. The third kappa shape index (κ3) is 4.94. The quantitative estimate of drug-likeness (QED) is 0.735. The highest BCUT2D eigenvalue weighted by atomic mass is 35.5. The molecule has 0 aliphatic carbocycles. The predicted molar refractivity (Wildman–Crippen MR) is 95.6 cm³/mol. The van der Waals surface area contributed by atoms with Crippen molar-refractivity contribution in [1.29, 1.82) is 0 Å². The molecule has 3 amide bonds. The lowest BCUT2D eigenvalue weighted by molar-refractivity contribution is -0.141. The van der Waals surface area contributed by atoms with Gasteiger partial charge in [-0.3, -0.25) is 4.79 Å². The molecule has 1 aliphatic heterocycles. The van der Waals surface area contributed by atoms with Gasteiger partial charge in [0, 0.05) is 13.1 Å². The Morgan fingerprint density at radius 3 is 2.69 bits per heavy atom. The minimum absolute atomic E-state index is 0.114. The first-order chi connectivity index (χ1) is 13.6. The molecule has 154 valence electrons. The van der Waals surface area contributed by atoms with Crippen LogP contribution in [-0.4, -0.2) is 41.5 Å². The fourth-order valence-corrected chi connectivity index (χ4v) is 3.01. The second kappa shape index (κ2) is 8.24. The minimum atomic E-state index is -4.68. The van der Waals surface area contributed by atoms with E-state index in [1.54, 1.807) is 0 Å². The molecule has 1 fully saturated rings. The van der Waals surface area contributed by atoms with Crippen molar-refractivity contribution in [1.82, 2.24) is 20.5 Å². The van der Waals surface area contributed by atoms with E-state index in [9.17, 15) is 27.2 Å². The van der Waals surface area contributed by atoms with E-state index < -0.39 is 29.8 Å². The Bertz CT molecular complexity index is 938. The summed E-state index contributed by atoms with van der Waals surface area (Å²) in [7, 11) is 0. The van der Waals surface area contributed by atoms with Gasteiger partial charge in [0.1, 0.15) is 18.1 Å². The Kier molecular flexibility index (Phi) is 5.92. The maximum atomic E-state index is 13.5. The van der Waals surface area contributed by atoms with E-state index in [1.807, 2.05) is 0 Å². The van der Waals surface area contributed by atoms with Crippen LogP contribution in [0.2, 0.25) is 5.02 Å². The number of alkyl halides is 3. The summed E-state index contributed by atoms with van der Waals surface area (Å²) in [4.78, 5) is 28.9. The second-order valence-electron chi connectivity index (χ2n) is 6.27. The number of nitrogens with one attached hydrogen (secondary N) is 2. The van der Waals surface area contributed by atoms with Gasteiger partial charge in [0.25, 0.3) is 0 Å². The van der Waals surface area contributed by atoms with Crippen LogP contribution < -0.4 is 10.6 Å². The Balaban J connectivity index is 1.97. The molecule has 1 aliphatic rings. The molecule has 0 unspecified atom stereocenters. The van der Waals surface area contributed by atoms with Crippen LogP contribution in [0.25, 0.3) is 0 Å². The first kappa shape index (κ1) is 20.8. The van der Waals surface area contributed by atoms with Crippen molar-refractivity contribution in [3.63, 3.8) is 0 Å². The smallest absolute Gasteiger partial charge is 0.353 e. The van der Waals surface area contributed by atoms with Gasteiger partial charge in [0.15, 0.2) is 0 Å². The van der Waals surface area contributed by atoms with E-state index in [4.69, 9.17) is 11.6 Å². The van der Waals surface area contributed by atoms with Crippen molar-refractivity contribution in [2.24, 2.45) is 0 Å². The molecule has 2 N–H and O–H groups in total. The normalized spacial score (nSPS) is 15.6. The van der Waals surface area contributed by atoms with E-state index in [2.05, 4.69) is 15.6 Å². The van der Waals surface area contributed by atoms with Gasteiger partial charge >= 0.3 is 12.2 Å². The van der Waals surface area contributed by atoms with Crippen LogP contribution in [0.1, 0.15) is 23.0 Å². The monoisotopic (exact) mass is 430 g/mol. The Morgan fingerprint density at radius 1 is 1.28 bits per heavy atom. The van der Waals surface area contributed by atoms with Crippen LogP contribution in [0.4, 0.5) is 22.4 Å². The van der Waals surface area contributed by atoms with Gasteiger partial charge in [-0.1, -0.05) is 23.7 Å².